The number of hydrogen-bond acceptors (Lipinski definition) is 4. The topological polar surface area (TPSA) is 77.6 Å². The van der Waals surface area contributed by atoms with Gasteiger partial charge in [0.05, 0.1) is 12.0 Å². The fourth-order valence-electron chi connectivity index (χ4n) is 2.09. The molecule has 1 N–H and O–H groups in total. The first-order chi connectivity index (χ1) is 10.5. The zero-order valence-electron chi connectivity index (χ0n) is 12.6. The van der Waals surface area contributed by atoms with E-state index >= 15 is 0 Å². The van der Waals surface area contributed by atoms with E-state index in [2.05, 4.69) is 20.4 Å². The van der Waals surface area contributed by atoms with E-state index in [-0.39, 0.29) is 11.7 Å². The van der Waals surface area contributed by atoms with Gasteiger partial charge < -0.3 is 9.88 Å². The van der Waals surface area contributed by atoms with E-state index in [1.807, 2.05) is 42.7 Å². The van der Waals surface area contributed by atoms with Crippen molar-refractivity contribution >= 4 is 11.6 Å². The molecule has 2 aromatic heterocycles. The first-order valence-corrected chi connectivity index (χ1v) is 6.82. The summed E-state index contributed by atoms with van der Waals surface area (Å²) in [6, 6.07) is 7.53. The molecule has 22 heavy (non-hydrogen) atoms. The molecule has 1 amide bonds. The summed E-state index contributed by atoms with van der Waals surface area (Å²) in [6.07, 6.45) is 3.28. The summed E-state index contributed by atoms with van der Waals surface area (Å²) in [5.41, 5.74) is 3.77. The summed E-state index contributed by atoms with van der Waals surface area (Å²) >= 11 is 0. The summed E-state index contributed by atoms with van der Waals surface area (Å²) in [5, 5.41) is 6.74. The Bertz CT molecular complexity index is 815. The molecular weight excluding hydrogens is 280 g/mol. The van der Waals surface area contributed by atoms with Gasteiger partial charge in [0.25, 0.3) is 5.91 Å². The first-order valence-electron chi connectivity index (χ1n) is 6.82. The summed E-state index contributed by atoms with van der Waals surface area (Å²) in [6.45, 7) is 3.99. The predicted octanol–water partition coefficient (Wildman–Crippen LogP) is 1.87. The molecule has 0 saturated heterocycles. The Labute approximate surface area is 127 Å². The third-order valence-electron chi connectivity index (χ3n) is 3.46. The zero-order valence-corrected chi connectivity index (χ0v) is 12.6. The smallest absolute Gasteiger partial charge is 0.295 e. The lowest BCUT2D eigenvalue weighted by Crippen LogP contribution is -2.14. The SMILES string of the molecule is Cc1ncn(-c2ccc(NC(=O)c3ncn(C)n3)cc2)c1C. The summed E-state index contributed by atoms with van der Waals surface area (Å²) in [7, 11) is 1.72. The normalized spacial score (nSPS) is 10.7. The number of hydrogen-bond donors (Lipinski definition) is 1. The molecule has 2 heterocycles. The molecule has 112 valence electrons. The van der Waals surface area contributed by atoms with Gasteiger partial charge in [-0.25, -0.2) is 9.97 Å². The molecule has 0 aliphatic heterocycles. The van der Waals surface area contributed by atoms with Crippen molar-refractivity contribution in [1.82, 2.24) is 24.3 Å². The van der Waals surface area contributed by atoms with Crippen molar-refractivity contribution in [3.8, 4) is 5.69 Å². The predicted molar refractivity (Wildman–Crippen MR) is 82.0 cm³/mol. The lowest BCUT2D eigenvalue weighted by atomic mass is 10.2. The molecule has 0 atom stereocenters. The number of aromatic nitrogens is 5. The Balaban J connectivity index is 1.77. The second-order valence-electron chi connectivity index (χ2n) is 5.03. The van der Waals surface area contributed by atoms with Crippen LogP contribution in [0.15, 0.2) is 36.9 Å². The standard InChI is InChI=1S/C15H16N6O/c1-10-11(2)21(9-16-10)13-6-4-12(5-7-13)18-15(22)14-17-8-20(3)19-14/h4-9H,1-3H3,(H,18,22). The van der Waals surface area contributed by atoms with E-state index in [0.29, 0.717) is 5.69 Å². The number of anilines is 1. The van der Waals surface area contributed by atoms with Gasteiger partial charge in [-0.1, -0.05) is 0 Å². The molecule has 0 aliphatic rings. The third kappa shape index (κ3) is 2.60. The molecule has 0 spiro atoms. The number of carbonyl (C=O) groups is 1. The molecule has 0 fully saturated rings. The van der Waals surface area contributed by atoms with Gasteiger partial charge in [-0.15, -0.1) is 5.10 Å². The van der Waals surface area contributed by atoms with Crippen molar-refractivity contribution in [3.63, 3.8) is 0 Å². The van der Waals surface area contributed by atoms with Crippen molar-refractivity contribution in [1.29, 1.82) is 0 Å². The number of amides is 1. The first kappa shape index (κ1) is 14.0. The van der Waals surface area contributed by atoms with Crippen molar-refractivity contribution in [2.75, 3.05) is 5.32 Å². The lowest BCUT2D eigenvalue weighted by molar-refractivity contribution is 0.101. The molecule has 0 aliphatic carbocycles. The Kier molecular flexibility index (Phi) is 3.46. The quantitative estimate of drug-likeness (QED) is 0.800. The lowest BCUT2D eigenvalue weighted by Gasteiger charge is -2.07. The second kappa shape index (κ2) is 5.44. The van der Waals surface area contributed by atoms with Gasteiger partial charge in [0.2, 0.25) is 5.82 Å². The number of imidazole rings is 1. The highest BCUT2D eigenvalue weighted by molar-refractivity contribution is 6.01. The van der Waals surface area contributed by atoms with Gasteiger partial charge in [0.15, 0.2) is 0 Å². The van der Waals surface area contributed by atoms with Crippen LogP contribution in [0.2, 0.25) is 0 Å². The van der Waals surface area contributed by atoms with Gasteiger partial charge in [-0.3, -0.25) is 9.48 Å². The number of rotatable bonds is 3. The van der Waals surface area contributed by atoms with Gasteiger partial charge in [-0.2, -0.15) is 0 Å². The molecule has 0 saturated carbocycles. The van der Waals surface area contributed by atoms with Crippen LogP contribution in [-0.4, -0.2) is 30.2 Å². The number of aryl methyl sites for hydroxylation is 2. The summed E-state index contributed by atoms with van der Waals surface area (Å²) in [5.74, 6) is -0.185. The second-order valence-corrected chi connectivity index (χ2v) is 5.03. The fraction of sp³-hybridized carbons (Fsp3) is 0.200. The monoisotopic (exact) mass is 296 g/mol. The minimum atomic E-state index is -0.331. The Hall–Kier alpha value is -2.96. The van der Waals surface area contributed by atoms with Crippen LogP contribution in [0.3, 0.4) is 0 Å². The highest BCUT2D eigenvalue weighted by atomic mass is 16.2. The minimum Gasteiger partial charge on any atom is -0.319 e. The van der Waals surface area contributed by atoms with Crippen molar-refractivity contribution in [2.24, 2.45) is 7.05 Å². The van der Waals surface area contributed by atoms with Crippen molar-refractivity contribution in [3.05, 3.63) is 54.1 Å². The van der Waals surface area contributed by atoms with Gasteiger partial charge >= 0.3 is 0 Å². The highest BCUT2D eigenvalue weighted by Crippen LogP contribution is 2.17. The van der Waals surface area contributed by atoms with E-state index in [1.54, 1.807) is 13.4 Å². The summed E-state index contributed by atoms with van der Waals surface area (Å²) < 4.78 is 3.49. The number of nitrogens with zero attached hydrogens (tertiary/aromatic N) is 5. The molecule has 3 rings (SSSR count). The molecule has 0 radical (unpaired) electrons. The minimum absolute atomic E-state index is 0.146. The number of benzene rings is 1. The van der Waals surface area contributed by atoms with Crippen LogP contribution in [0.5, 0.6) is 0 Å². The number of carbonyl (C=O) groups excluding carboxylic acids is 1. The van der Waals surface area contributed by atoms with Gasteiger partial charge in [-0.05, 0) is 38.1 Å². The number of nitrogens with one attached hydrogen (secondary N) is 1. The summed E-state index contributed by atoms with van der Waals surface area (Å²) in [4.78, 5) is 20.2. The van der Waals surface area contributed by atoms with Crippen LogP contribution in [0.1, 0.15) is 22.0 Å². The third-order valence-corrected chi connectivity index (χ3v) is 3.46. The molecule has 1 aromatic carbocycles. The Morgan fingerprint density at radius 3 is 2.36 bits per heavy atom. The molecule has 0 bridgehead atoms. The van der Waals surface area contributed by atoms with Crippen LogP contribution >= 0.6 is 0 Å². The van der Waals surface area contributed by atoms with E-state index < -0.39 is 0 Å². The highest BCUT2D eigenvalue weighted by Gasteiger charge is 2.11. The maximum absolute atomic E-state index is 12.0. The van der Waals surface area contributed by atoms with Crippen molar-refractivity contribution in [2.45, 2.75) is 13.8 Å². The molecular formula is C15H16N6O. The van der Waals surface area contributed by atoms with Gasteiger partial charge in [0.1, 0.15) is 6.33 Å². The molecule has 0 unspecified atom stereocenters. The van der Waals surface area contributed by atoms with Crippen LogP contribution in [0, 0.1) is 13.8 Å². The van der Waals surface area contributed by atoms with Crippen molar-refractivity contribution < 1.29 is 4.79 Å². The van der Waals surface area contributed by atoms with E-state index in [4.69, 9.17) is 0 Å². The van der Waals surface area contributed by atoms with Crippen LogP contribution < -0.4 is 5.32 Å². The van der Waals surface area contributed by atoms with Crippen LogP contribution in [0.4, 0.5) is 5.69 Å². The molecule has 7 heteroatoms. The van der Waals surface area contributed by atoms with Gasteiger partial charge in [0, 0.05) is 24.1 Å². The zero-order chi connectivity index (χ0) is 15.7. The molecule has 7 nitrogen and oxygen atoms in total. The van der Waals surface area contributed by atoms with Crippen LogP contribution in [-0.2, 0) is 7.05 Å². The maximum Gasteiger partial charge on any atom is 0.295 e. The molecule has 3 aromatic rings. The largest absolute Gasteiger partial charge is 0.319 e. The van der Waals surface area contributed by atoms with E-state index in [0.717, 1.165) is 17.1 Å². The fourth-order valence-corrected chi connectivity index (χ4v) is 2.09. The van der Waals surface area contributed by atoms with E-state index in [9.17, 15) is 4.79 Å². The maximum atomic E-state index is 12.0. The Morgan fingerprint density at radius 1 is 1.09 bits per heavy atom. The average Bonchev–Trinajstić information content (AvgIpc) is 3.08. The Morgan fingerprint density at radius 2 is 1.82 bits per heavy atom. The average molecular weight is 296 g/mol. The van der Waals surface area contributed by atoms with Crippen LogP contribution in [0.25, 0.3) is 5.69 Å². The van der Waals surface area contributed by atoms with E-state index in [1.165, 1.54) is 11.0 Å².